The van der Waals surface area contributed by atoms with Gasteiger partial charge >= 0.3 is 0 Å². The number of hydrogen-bond acceptors (Lipinski definition) is 5. The summed E-state index contributed by atoms with van der Waals surface area (Å²) in [5.74, 6) is -0.999. The van der Waals surface area contributed by atoms with Gasteiger partial charge in [-0.2, -0.15) is 0 Å². The first-order valence-electron chi connectivity index (χ1n) is 7.49. The van der Waals surface area contributed by atoms with Crippen LogP contribution in [0.4, 0.5) is 0 Å². The number of carbonyl (C=O) groups is 1. The van der Waals surface area contributed by atoms with E-state index < -0.39 is 21.5 Å². The molecule has 2 aromatic carbocycles. The van der Waals surface area contributed by atoms with Crippen molar-refractivity contribution in [3.8, 4) is 0 Å². The average Bonchev–Trinajstić information content (AvgIpc) is 2.62. The summed E-state index contributed by atoms with van der Waals surface area (Å²) in [7, 11) is -2.36. The molecule has 0 fully saturated rings. The van der Waals surface area contributed by atoms with Crippen molar-refractivity contribution < 1.29 is 23.1 Å². The van der Waals surface area contributed by atoms with Crippen LogP contribution in [-0.2, 0) is 25.2 Å². The van der Waals surface area contributed by atoms with Crippen LogP contribution in [0.2, 0.25) is 0 Å². The largest absolute Gasteiger partial charge is 0.383 e. The minimum Gasteiger partial charge on any atom is -0.383 e. The Kier molecular flexibility index (Phi) is 5.91. The molecule has 7 nitrogen and oxygen atoms in total. The van der Waals surface area contributed by atoms with Crippen LogP contribution in [0, 0.1) is 0 Å². The molecule has 0 bridgehead atoms. The third-order valence-electron chi connectivity index (χ3n) is 3.71. The number of hydrogen-bond donors (Lipinski definition) is 3. The quantitative estimate of drug-likeness (QED) is 0.584. The summed E-state index contributed by atoms with van der Waals surface area (Å²) >= 11 is 0. The molecule has 0 radical (unpaired) electrons. The van der Waals surface area contributed by atoms with Gasteiger partial charge in [0.1, 0.15) is 0 Å². The molecule has 0 heterocycles. The van der Waals surface area contributed by atoms with Gasteiger partial charge < -0.3 is 15.6 Å². The van der Waals surface area contributed by atoms with Crippen molar-refractivity contribution >= 4 is 15.9 Å². The number of aliphatic hydroxyl groups is 1. The molecule has 1 amide bonds. The number of ether oxygens (including phenoxy) is 1. The zero-order valence-electron chi connectivity index (χ0n) is 13.7. The summed E-state index contributed by atoms with van der Waals surface area (Å²) in [5, 5.41) is 10.9. The molecule has 1 unspecified atom stereocenters. The summed E-state index contributed by atoms with van der Waals surface area (Å²) in [4.78, 5) is 11.9. The molecule has 8 heteroatoms. The van der Waals surface area contributed by atoms with Gasteiger partial charge in [-0.15, -0.1) is 0 Å². The van der Waals surface area contributed by atoms with Gasteiger partial charge in [0.05, 0.1) is 11.5 Å². The fourth-order valence-corrected chi connectivity index (χ4v) is 3.44. The number of amides is 1. The minimum atomic E-state index is -3.82. The lowest BCUT2D eigenvalue weighted by Gasteiger charge is -2.26. The van der Waals surface area contributed by atoms with Crippen molar-refractivity contribution in [3.63, 3.8) is 0 Å². The SMILES string of the molecule is COCCNS(=O)(=O)c1cccc(C(O)(C(N)=O)c2ccccc2)c1. The number of primary amides is 1. The molecule has 25 heavy (non-hydrogen) atoms. The zero-order valence-corrected chi connectivity index (χ0v) is 14.5. The van der Waals surface area contributed by atoms with Gasteiger partial charge in [-0.3, -0.25) is 4.79 Å². The summed E-state index contributed by atoms with van der Waals surface area (Å²) in [5.41, 5.74) is 3.61. The van der Waals surface area contributed by atoms with E-state index in [0.717, 1.165) is 0 Å². The summed E-state index contributed by atoms with van der Waals surface area (Å²) in [6, 6.07) is 13.6. The van der Waals surface area contributed by atoms with Gasteiger partial charge in [-0.25, -0.2) is 13.1 Å². The van der Waals surface area contributed by atoms with E-state index in [1.807, 2.05) is 0 Å². The van der Waals surface area contributed by atoms with Crippen molar-refractivity contribution in [1.82, 2.24) is 4.72 Å². The Morgan fingerprint density at radius 2 is 1.80 bits per heavy atom. The highest BCUT2D eigenvalue weighted by Gasteiger charge is 2.38. The van der Waals surface area contributed by atoms with E-state index in [-0.39, 0.29) is 29.2 Å². The highest BCUT2D eigenvalue weighted by Crippen LogP contribution is 2.30. The lowest BCUT2D eigenvalue weighted by Crippen LogP contribution is -2.42. The number of nitrogens with one attached hydrogen (secondary N) is 1. The van der Waals surface area contributed by atoms with E-state index in [1.54, 1.807) is 30.3 Å². The molecule has 0 aliphatic heterocycles. The molecule has 0 spiro atoms. The highest BCUT2D eigenvalue weighted by molar-refractivity contribution is 7.89. The lowest BCUT2D eigenvalue weighted by atomic mass is 9.86. The summed E-state index contributed by atoms with van der Waals surface area (Å²) in [6.45, 7) is 0.315. The summed E-state index contributed by atoms with van der Waals surface area (Å²) in [6.07, 6.45) is 0. The molecular weight excluding hydrogens is 344 g/mol. The van der Waals surface area contributed by atoms with Crippen molar-refractivity contribution in [3.05, 3.63) is 65.7 Å². The van der Waals surface area contributed by atoms with E-state index in [9.17, 15) is 18.3 Å². The molecule has 1 atom stereocenters. The molecule has 2 aromatic rings. The van der Waals surface area contributed by atoms with Crippen molar-refractivity contribution in [2.45, 2.75) is 10.5 Å². The molecule has 0 saturated heterocycles. The second-order valence-corrected chi connectivity index (χ2v) is 7.13. The maximum absolute atomic E-state index is 12.3. The minimum absolute atomic E-state index is 0.0702. The Morgan fingerprint density at radius 1 is 1.16 bits per heavy atom. The van der Waals surface area contributed by atoms with Gasteiger partial charge in [0.25, 0.3) is 5.91 Å². The Hall–Kier alpha value is -2.26. The Morgan fingerprint density at radius 3 is 2.40 bits per heavy atom. The Labute approximate surface area is 146 Å². The van der Waals surface area contributed by atoms with Crippen LogP contribution in [0.1, 0.15) is 11.1 Å². The van der Waals surface area contributed by atoms with Gasteiger partial charge in [0.2, 0.25) is 10.0 Å². The monoisotopic (exact) mass is 364 g/mol. The zero-order chi connectivity index (χ0) is 18.5. The van der Waals surface area contributed by atoms with Crippen LogP contribution in [0.25, 0.3) is 0 Å². The average molecular weight is 364 g/mol. The predicted octanol–water partition coefficient (Wildman–Crippen LogP) is 0.333. The first-order valence-corrected chi connectivity index (χ1v) is 8.97. The Balaban J connectivity index is 2.47. The third kappa shape index (κ3) is 4.05. The second kappa shape index (κ2) is 7.75. The number of rotatable bonds is 8. The van der Waals surface area contributed by atoms with Gasteiger partial charge in [-0.05, 0) is 23.3 Å². The lowest BCUT2D eigenvalue weighted by molar-refractivity contribution is -0.133. The predicted molar refractivity (Wildman–Crippen MR) is 92.1 cm³/mol. The van der Waals surface area contributed by atoms with Crippen LogP contribution < -0.4 is 10.5 Å². The van der Waals surface area contributed by atoms with Gasteiger partial charge in [-0.1, -0.05) is 42.5 Å². The third-order valence-corrected chi connectivity index (χ3v) is 5.17. The molecule has 0 saturated carbocycles. The van der Waals surface area contributed by atoms with E-state index in [4.69, 9.17) is 10.5 Å². The number of benzene rings is 2. The van der Waals surface area contributed by atoms with Crippen LogP contribution in [0.5, 0.6) is 0 Å². The topological polar surface area (TPSA) is 119 Å². The van der Waals surface area contributed by atoms with Gasteiger partial charge in [0.15, 0.2) is 5.60 Å². The molecule has 2 rings (SSSR count). The number of carbonyl (C=O) groups excluding carboxylic acids is 1. The first-order chi connectivity index (χ1) is 11.8. The molecule has 134 valence electrons. The number of sulfonamides is 1. The van der Waals surface area contributed by atoms with E-state index >= 15 is 0 Å². The molecular formula is C17H20N2O5S. The Bertz CT molecular complexity index is 839. The van der Waals surface area contributed by atoms with Crippen molar-refractivity contribution in [1.29, 1.82) is 0 Å². The maximum Gasteiger partial charge on any atom is 0.258 e. The number of methoxy groups -OCH3 is 1. The fourth-order valence-electron chi connectivity index (χ4n) is 2.38. The van der Waals surface area contributed by atoms with E-state index in [0.29, 0.717) is 0 Å². The van der Waals surface area contributed by atoms with Crippen LogP contribution in [0.3, 0.4) is 0 Å². The first kappa shape index (κ1) is 19.1. The van der Waals surface area contributed by atoms with E-state index in [1.165, 1.54) is 31.4 Å². The van der Waals surface area contributed by atoms with E-state index in [2.05, 4.69) is 4.72 Å². The summed E-state index contributed by atoms with van der Waals surface area (Å²) < 4.78 is 31.8. The van der Waals surface area contributed by atoms with Crippen LogP contribution in [0.15, 0.2) is 59.5 Å². The normalized spacial score (nSPS) is 14.0. The fraction of sp³-hybridized carbons (Fsp3) is 0.235. The molecule has 0 aliphatic rings. The maximum atomic E-state index is 12.3. The van der Waals surface area contributed by atoms with Gasteiger partial charge in [0, 0.05) is 13.7 Å². The van der Waals surface area contributed by atoms with Crippen LogP contribution in [-0.4, -0.2) is 39.7 Å². The standard InChI is InChI=1S/C17H20N2O5S/c1-24-11-10-19-25(22,23)15-9-5-8-14(12-15)17(21,16(18)20)13-6-3-2-4-7-13/h2-9,12,19,21H,10-11H2,1H3,(H2,18,20). The smallest absolute Gasteiger partial charge is 0.258 e. The van der Waals surface area contributed by atoms with Crippen LogP contribution >= 0.6 is 0 Å². The molecule has 4 N–H and O–H groups in total. The molecule has 0 aromatic heterocycles. The molecule has 0 aliphatic carbocycles. The highest BCUT2D eigenvalue weighted by atomic mass is 32.2. The number of nitrogens with two attached hydrogens (primary N) is 1. The second-order valence-electron chi connectivity index (χ2n) is 5.36. The van der Waals surface area contributed by atoms with Crippen molar-refractivity contribution in [2.75, 3.05) is 20.3 Å². The van der Waals surface area contributed by atoms with Crippen molar-refractivity contribution in [2.24, 2.45) is 5.73 Å².